The molecule has 0 bridgehead atoms. The van der Waals surface area contributed by atoms with Gasteiger partial charge in [0.25, 0.3) is 0 Å². The van der Waals surface area contributed by atoms with E-state index in [4.69, 9.17) is 5.73 Å². The molecular formula is C6H14N2. The third-order valence-electron chi connectivity index (χ3n) is 0.890. The van der Waals surface area contributed by atoms with Crippen molar-refractivity contribution >= 4 is 0 Å². The summed E-state index contributed by atoms with van der Waals surface area (Å²) in [6, 6.07) is 0. The third kappa shape index (κ3) is 3.53. The van der Waals surface area contributed by atoms with Crippen molar-refractivity contribution in [3.05, 3.63) is 11.9 Å². The molecule has 0 aliphatic heterocycles. The van der Waals surface area contributed by atoms with Gasteiger partial charge in [0.2, 0.25) is 0 Å². The maximum Gasteiger partial charge on any atom is 0.0916 e. The number of nitrogens with one attached hydrogen (secondary N) is 1. The standard InChI is InChI=1S/C6H14N2/c1-3-5-8-6(7)4-2/h4,8H,3,5,7H2,1-2H3/b6-4-. The Kier molecular flexibility index (Phi) is 4.13. The van der Waals surface area contributed by atoms with Crippen LogP contribution in [0.3, 0.4) is 0 Å². The molecule has 0 amide bonds. The molecule has 0 saturated carbocycles. The SMILES string of the molecule is C/C=C(/N)NCCC. The molecule has 8 heavy (non-hydrogen) atoms. The first-order valence-electron chi connectivity index (χ1n) is 2.97. The maximum absolute atomic E-state index is 5.41. The fraction of sp³-hybridized carbons (Fsp3) is 0.667. The van der Waals surface area contributed by atoms with Crippen LogP contribution < -0.4 is 11.1 Å². The predicted molar refractivity (Wildman–Crippen MR) is 36.2 cm³/mol. The Morgan fingerprint density at radius 3 is 2.75 bits per heavy atom. The highest BCUT2D eigenvalue weighted by Crippen LogP contribution is 1.75. The Balaban J connectivity index is 3.12. The molecular weight excluding hydrogens is 100 g/mol. The van der Waals surface area contributed by atoms with Crippen LogP contribution in [0.2, 0.25) is 0 Å². The zero-order valence-corrected chi connectivity index (χ0v) is 5.57. The van der Waals surface area contributed by atoms with Crippen molar-refractivity contribution < 1.29 is 0 Å². The molecule has 0 aliphatic carbocycles. The lowest BCUT2D eigenvalue weighted by molar-refractivity contribution is 0.759. The van der Waals surface area contributed by atoms with Crippen molar-refractivity contribution in [1.82, 2.24) is 5.32 Å². The van der Waals surface area contributed by atoms with Crippen molar-refractivity contribution in [2.45, 2.75) is 20.3 Å². The van der Waals surface area contributed by atoms with Crippen LogP contribution in [0.25, 0.3) is 0 Å². The largest absolute Gasteiger partial charge is 0.386 e. The Morgan fingerprint density at radius 2 is 2.38 bits per heavy atom. The van der Waals surface area contributed by atoms with Gasteiger partial charge in [-0.25, -0.2) is 0 Å². The van der Waals surface area contributed by atoms with Crippen LogP contribution in [0.15, 0.2) is 11.9 Å². The monoisotopic (exact) mass is 114 g/mol. The van der Waals surface area contributed by atoms with Gasteiger partial charge in [0.15, 0.2) is 0 Å². The van der Waals surface area contributed by atoms with E-state index >= 15 is 0 Å². The van der Waals surface area contributed by atoms with E-state index in [0.29, 0.717) is 0 Å². The first kappa shape index (κ1) is 7.34. The summed E-state index contributed by atoms with van der Waals surface area (Å²) in [5, 5.41) is 3.02. The van der Waals surface area contributed by atoms with Crippen molar-refractivity contribution in [1.29, 1.82) is 0 Å². The molecule has 0 rings (SSSR count). The Bertz CT molecular complexity index is 76.6. The summed E-state index contributed by atoms with van der Waals surface area (Å²) < 4.78 is 0. The molecule has 2 nitrogen and oxygen atoms in total. The van der Waals surface area contributed by atoms with E-state index in [2.05, 4.69) is 12.2 Å². The molecule has 0 saturated heterocycles. The average molecular weight is 114 g/mol. The van der Waals surface area contributed by atoms with Crippen LogP contribution in [0.4, 0.5) is 0 Å². The molecule has 2 heteroatoms. The molecule has 0 atom stereocenters. The van der Waals surface area contributed by atoms with E-state index in [1.54, 1.807) is 0 Å². The van der Waals surface area contributed by atoms with Gasteiger partial charge in [-0.15, -0.1) is 0 Å². The zero-order valence-electron chi connectivity index (χ0n) is 5.57. The van der Waals surface area contributed by atoms with Gasteiger partial charge in [-0.1, -0.05) is 6.92 Å². The fourth-order valence-electron chi connectivity index (χ4n) is 0.371. The van der Waals surface area contributed by atoms with E-state index < -0.39 is 0 Å². The highest BCUT2D eigenvalue weighted by Gasteiger charge is 1.80. The molecule has 0 spiro atoms. The van der Waals surface area contributed by atoms with Crippen LogP contribution in [0.1, 0.15) is 20.3 Å². The highest BCUT2D eigenvalue weighted by molar-refractivity contribution is 4.89. The van der Waals surface area contributed by atoms with E-state index in [-0.39, 0.29) is 0 Å². The average Bonchev–Trinajstić information content (AvgIpc) is 1.83. The van der Waals surface area contributed by atoms with E-state index in [0.717, 1.165) is 18.8 Å². The molecule has 0 aliphatic rings. The van der Waals surface area contributed by atoms with Gasteiger partial charge in [0.05, 0.1) is 5.82 Å². The van der Waals surface area contributed by atoms with Crippen molar-refractivity contribution in [3.8, 4) is 0 Å². The van der Waals surface area contributed by atoms with Gasteiger partial charge in [-0.2, -0.15) is 0 Å². The number of allylic oxidation sites excluding steroid dienone is 1. The molecule has 0 aromatic heterocycles. The number of hydrogen-bond donors (Lipinski definition) is 2. The second-order valence-corrected chi connectivity index (χ2v) is 1.67. The van der Waals surface area contributed by atoms with Crippen molar-refractivity contribution in [3.63, 3.8) is 0 Å². The normalized spacial score (nSPS) is 11.5. The van der Waals surface area contributed by atoms with Gasteiger partial charge >= 0.3 is 0 Å². The van der Waals surface area contributed by atoms with E-state index in [1.165, 1.54) is 0 Å². The highest BCUT2D eigenvalue weighted by atomic mass is 15.0. The van der Waals surface area contributed by atoms with E-state index in [9.17, 15) is 0 Å². The summed E-state index contributed by atoms with van der Waals surface area (Å²) in [7, 11) is 0. The minimum Gasteiger partial charge on any atom is -0.386 e. The fourth-order valence-corrected chi connectivity index (χ4v) is 0.371. The molecule has 0 heterocycles. The maximum atomic E-state index is 5.41. The minimum absolute atomic E-state index is 0.770. The Hall–Kier alpha value is -0.660. The van der Waals surface area contributed by atoms with Crippen molar-refractivity contribution in [2.75, 3.05) is 6.54 Å². The Labute approximate surface area is 50.8 Å². The zero-order chi connectivity index (χ0) is 6.41. The second kappa shape index (κ2) is 4.50. The van der Waals surface area contributed by atoms with Crippen molar-refractivity contribution in [2.24, 2.45) is 5.73 Å². The topological polar surface area (TPSA) is 38.0 Å². The van der Waals surface area contributed by atoms with Gasteiger partial charge in [0, 0.05) is 6.54 Å². The summed E-state index contributed by atoms with van der Waals surface area (Å²) in [6.07, 6.45) is 2.98. The summed E-state index contributed by atoms with van der Waals surface area (Å²) in [4.78, 5) is 0. The second-order valence-electron chi connectivity index (χ2n) is 1.67. The number of hydrogen-bond acceptors (Lipinski definition) is 2. The molecule has 3 N–H and O–H groups in total. The lowest BCUT2D eigenvalue weighted by Gasteiger charge is -2.00. The number of rotatable bonds is 3. The smallest absolute Gasteiger partial charge is 0.0916 e. The molecule has 48 valence electrons. The van der Waals surface area contributed by atoms with E-state index in [1.807, 2.05) is 13.0 Å². The molecule has 0 aromatic rings. The van der Waals surface area contributed by atoms with Crippen LogP contribution in [0.5, 0.6) is 0 Å². The van der Waals surface area contributed by atoms with Gasteiger partial charge in [0.1, 0.15) is 0 Å². The van der Waals surface area contributed by atoms with Crippen LogP contribution in [0, 0.1) is 0 Å². The van der Waals surface area contributed by atoms with Crippen LogP contribution in [-0.2, 0) is 0 Å². The molecule has 0 radical (unpaired) electrons. The van der Waals surface area contributed by atoms with Crippen LogP contribution in [-0.4, -0.2) is 6.54 Å². The predicted octanol–water partition coefficient (Wildman–Crippen LogP) is 0.806. The summed E-state index contributed by atoms with van der Waals surface area (Å²) >= 11 is 0. The molecule has 0 unspecified atom stereocenters. The summed E-state index contributed by atoms with van der Waals surface area (Å²) in [5.74, 6) is 0.770. The van der Waals surface area contributed by atoms with Gasteiger partial charge in [-0.05, 0) is 19.4 Å². The minimum atomic E-state index is 0.770. The summed E-state index contributed by atoms with van der Waals surface area (Å²) in [6.45, 7) is 4.99. The first-order chi connectivity index (χ1) is 3.81. The van der Waals surface area contributed by atoms with Gasteiger partial charge in [-0.3, -0.25) is 0 Å². The van der Waals surface area contributed by atoms with Gasteiger partial charge < -0.3 is 11.1 Å². The lowest BCUT2D eigenvalue weighted by atomic mass is 10.5. The third-order valence-corrected chi connectivity index (χ3v) is 0.890. The van der Waals surface area contributed by atoms with Crippen LogP contribution >= 0.6 is 0 Å². The molecule has 0 aromatic carbocycles. The lowest BCUT2D eigenvalue weighted by Crippen LogP contribution is -2.19. The Morgan fingerprint density at radius 1 is 1.75 bits per heavy atom. The number of nitrogens with two attached hydrogens (primary N) is 1. The molecule has 0 fully saturated rings. The summed E-state index contributed by atoms with van der Waals surface area (Å²) in [5.41, 5.74) is 5.41. The first-order valence-corrected chi connectivity index (χ1v) is 2.97. The quantitative estimate of drug-likeness (QED) is 0.569.